The molecule has 0 saturated heterocycles. The highest BCUT2D eigenvalue weighted by Gasteiger charge is 2.46. The molecule has 2 aliphatic carbocycles. The predicted octanol–water partition coefficient (Wildman–Crippen LogP) is 9.51. The SMILES string of the molecule is CCC1(CC)c2ccccc2-c2c1c1c(c3ccccc23)OC(C2=CCCC=C2)(c2ccc(OC)cc2)C=C1. The summed E-state index contributed by atoms with van der Waals surface area (Å²) in [5, 5.41) is 2.45. The van der Waals surface area contributed by atoms with Gasteiger partial charge in [-0.05, 0) is 77.1 Å². The molecule has 0 spiro atoms. The lowest BCUT2D eigenvalue weighted by atomic mass is 9.71. The van der Waals surface area contributed by atoms with E-state index in [1.165, 1.54) is 44.2 Å². The Kier molecular flexibility index (Phi) is 5.56. The van der Waals surface area contributed by atoms with Gasteiger partial charge >= 0.3 is 0 Å². The van der Waals surface area contributed by atoms with Crippen molar-refractivity contribution in [1.29, 1.82) is 0 Å². The predicted molar refractivity (Wildman–Crippen MR) is 162 cm³/mol. The van der Waals surface area contributed by atoms with Gasteiger partial charge < -0.3 is 9.47 Å². The summed E-state index contributed by atoms with van der Waals surface area (Å²) in [7, 11) is 1.71. The van der Waals surface area contributed by atoms with Gasteiger partial charge in [0.05, 0.1) is 7.11 Å². The molecule has 2 nitrogen and oxygen atoms in total. The third kappa shape index (κ3) is 3.27. The summed E-state index contributed by atoms with van der Waals surface area (Å²) < 4.78 is 12.9. The minimum absolute atomic E-state index is 0.0438. The molecule has 2 heteroatoms. The van der Waals surface area contributed by atoms with Crippen molar-refractivity contribution in [2.24, 2.45) is 0 Å². The van der Waals surface area contributed by atoms with E-state index in [0.717, 1.165) is 42.7 Å². The van der Waals surface area contributed by atoms with E-state index in [1.54, 1.807) is 7.11 Å². The minimum Gasteiger partial charge on any atom is -0.497 e. The fraction of sp³-hybridized carbons (Fsp3) is 0.243. The van der Waals surface area contributed by atoms with Crippen LogP contribution in [0.1, 0.15) is 61.8 Å². The zero-order valence-electron chi connectivity index (χ0n) is 23.0. The Morgan fingerprint density at radius 1 is 0.821 bits per heavy atom. The molecule has 1 unspecified atom stereocenters. The van der Waals surface area contributed by atoms with E-state index in [9.17, 15) is 0 Å². The van der Waals surface area contributed by atoms with E-state index >= 15 is 0 Å². The van der Waals surface area contributed by atoms with Crippen molar-refractivity contribution >= 4 is 16.8 Å². The molecule has 0 radical (unpaired) electrons. The van der Waals surface area contributed by atoms with Crippen LogP contribution in [0.2, 0.25) is 0 Å². The number of benzene rings is 4. The Morgan fingerprint density at radius 3 is 2.28 bits per heavy atom. The van der Waals surface area contributed by atoms with Crippen molar-refractivity contribution in [3.63, 3.8) is 0 Å². The van der Waals surface area contributed by atoms with Crippen molar-refractivity contribution in [2.75, 3.05) is 7.11 Å². The summed E-state index contributed by atoms with van der Waals surface area (Å²) in [6.07, 6.45) is 15.7. The Morgan fingerprint density at radius 2 is 1.56 bits per heavy atom. The van der Waals surface area contributed by atoms with Gasteiger partial charge in [0.2, 0.25) is 0 Å². The van der Waals surface area contributed by atoms with Gasteiger partial charge in [-0.2, -0.15) is 0 Å². The van der Waals surface area contributed by atoms with Crippen molar-refractivity contribution in [3.8, 4) is 22.6 Å². The zero-order chi connectivity index (χ0) is 26.6. The third-order valence-corrected chi connectivity index (χ3v) is 9.29. The van der Waals surface area contributed by atoms with Crippen molar-refractivity contribution < 1.29 is 9.47 Å². The largest absolute Gasteiger partial charge is 0.497 e. The van der Waals surface area contributed by atoms with Crippen LogP contribution in [0.3, 0.4) is 0 Å². The van der Waals surface area contributed by atoms with Gasteiger partial charge in [0, 0.05) is 21.9 Å². The molecule has 39 heavy (non-hydrogen) atoms. The lowest BCUT2D eigenvalue weighted by Crippen LogP contribution is -2.36. The van der Waals surface area contributed by atoms with Gasteiger partial charge in [-0.1, -0.05) is 98.8 Å². The summed E-state index contributed by atoms with van der Waals surface area (Å²) >= 11 is 0. The van der Waals surface area contributed by atoms with Crippen molar-refractivity contribution in [3.05, 3.63) is 125 Å². The standard InChI is InChI=1S/C37H34O2/c1-4-36(5-2)32-18-12-11-17-30(32)33-28-15-9-10-16-29(28)35-31(34(33)36)23-24-37(39-35,25-13-7-6-8-14-25)26-19-21-27(38-3)22-20-26/h7,9-24H,4-6,8H2,1-3H3. The summed E-state index contributed by atoms with van der Waals surface area (Å²) in [6, 6.07) is 26.2. The number of allylic oxidation sites excluding steroid dienone is 2. The van der Waals surface area contributed by atoms with E-state index in [-0.39, 0.29) is 5.41 Å². The van der Waals surface area contributed by atoms with Gasteiger partial charge in [0.25, 0.3) is 0 Å². The number of hydrogen-bond donors (Lipinski definition) is 0. The molecular formula is C37H34O2. The molecule has 4 aromatic rings. The summed E-state index contributed by atoms with van der Waals surface area (Å²) in [5.74, 6) is 1.83. The monoisotopic (exact) mass is 510 g/mol. The average Bonchev–Trinajstić information content (AvgIpc) is 3.32. The number of ether oxygens (including phenoxy) is 2. The number of fused-ring (bicyclic) bond motifs is 8. The first kappa shape index (κ1) is 24.0. The van der Waals surface area contributed by atoms with Crippen LogP contribution in [0, 0.1) is 0 Å². The van der Waals surface area contributed by atoms with Crippen LogP contribution in [0.5, 0.6) is 11.5 Å². The van der Waals surface area contributed by atoms with Crippen molar-refractivity contribution in [1.82, 2.24) is 0 Å². The lowest BCUT2D eigenvalue weighted by Gasteiger charge is -2.40. The molecule has 0 saturated carbocycles. The Labute approximate surface area is 231 Å². The van der Waals surface area contributed by atoms with Crippen LogP contribution >= 0.6 is 0 Å². The van der Waals surface area contributed by atoms with Crippen molar-refractivity contribution in [2.45, 2.75) is 50.5 Å². The van der Waals surface area contributed by atoms with E-state index in [4.69, 9.17) is 9.47 Å². The van der Waals surface area contributed by atoms with Crippen LogP contribution in [0.25, 0.3) is 28.0 Å². The highest BCUT2D eigenvalue weighted by atomic mass is 16.5. The first-order valence-corrected chi connectivity index (χ1v) is 14.3. The third-order valence-electron chi connectivity index (χ3n) is 9.29. The normalized spacial score (nSPS) is 20.1. The van der Waals surface area contributed by atoms with Crippen LogP contribution in [0.4, 0.5) is 0 Å². The maximum Gasteiger partial charge on any atom is 0.177 e. The van der Waals surface area contributed by atoms with Gasteiger partial charge in [-0.15, -0.1) is 0 Å². The summed E-state index contributed by atoms with van der Waals surface area (Å²) in [5.41, 5.74) is 8.39. The maximum atomic E-state index is 7.39. The second-order valence-corrected chi connectivity index (χ2v) is 10.9. The Hall–Kier alpha value is -4.04. The van der Waals surface area contributed by atoms with Gasteiger partial charge in [0.1, 0.15) is 11.5 Å². The van der Waals surface area contributed by atoms with E-state index in [0.29, 0.717) is 0 Å². The second-order valence-electron chi connectivity index (χ2n) is 10.9. The van der Waals surface area contributed by atoms with Gasteiger partial charge in [0.15, 0.2) is 5.60 Å². The lowest BCUT2D eigenvalue weighted by molar-refractivity contribution is 0.161. The van der Waals surface area contributed by atoms with E-state index in [1.807, 2.05) is 12.1 Å². The van der Waals surface area contributed by atoms with Crippen LogP contribution in [-0.4, -0.2) is 7.11 Å². The smallest absolute Gasteiger partial charge is 0.177 e. The molecule has 0 aromatic heterocycles. The molecule has 3 aliphatic rings. The minimum atomic E-state index is -0.709. The maximum absolute atomic E-state index is 7.39. The Bertz CT molecular complexity index is 1680. The molecule has 7 rings (SSSR count). The highest BCUT2D eigenvalue weighted by Crippen LogP contribution is 2.60. The molecule has 1 heterocycles. The quantitative estimate of drug-likeness (QED) is 0.266. The number of rotatable bonds is 5. The van der Waals surface area contributed by atoms with Gasteiger partial charge in [-0.25, -0.2) is 0 Å². The first-order chi connectivity index (χ1) is 19.2. The highest BCUT2D eigenvalue weighted by molar-refractivity contribution is 6.08. The van der Waals surface area contributed by atoms with Crippen LogP contribution in [0.15, 0.2) is 103 Å². The van der Waals surface area contributed by atoms with E-state index < -0.39 is 5.60 Å². The van der Waals surface area contributed by atoms with Gasteiger partial charge in [-0.3, -0.25) is 0 Å². The fourth-order valence-electron chi connectivity index (χ4n) is 7.31. The summed E-state index contributed by atoms with van der Waals surface area (Å²) in [4.78, 5) is 0. The molecule has 0 amide bonds. The molecule has 0 fully saturated rings. The molecule has 0 bridgehead atoms. The van der Waals surface area contributed by atoms with E-state index in [2.05, 4.69) is 105 Å². The average molecular weight is 511 g/mol. The fourth-order valence-corrected chi connectivity index (χ4v) is 7.31. The molecule has 4 aromatic carbocycles. The number of hydrogen-bond acceptors (Lipinski definition) is 2. The molecule has 1 atom stereocenters. The Balaban J connectivity index is 1.55. The number of methoxy groups -OCH3 is 1. The first-order valence-electron chi connectivity index (χ1n) is 14.3. The molecule has 0 N–H and O–H groups in total. The molecule has 194 valence electrons. The molecular weight excluding hydrogens is 476 g/mol. The zero-order valence-corrected chi connectivity index (χ0v) is 23.0. The summed E-state index contributed by atoms with van der Waals surface area (Å²) in [6.45, 7) is 4.67. The van der Waals surface area contributed by atoms with Crippen LogP contribution in [-0.2, 0) is 11.0 Å². The molecule has 1 aliphatic heterocycles. The topological polar surface area (TPSA) is 18.5 Å². The van der Waals surface area contributed by atoms with Crippen LogP contribution < -0.4 is 9.47 Å². The second kappa shape index (κ2) is 9.02.